The average molecular weight is 286 g/mol. The van der Waals surface area contributed by atoms with Gasteiger partial charge >= 0.3 is 0 Å². The van der Waals surface area contributed by atoms with Crippen molar-refractivity contribution in [2.75, 3.05) is 19.8 Å². The van der Waals surface area contributed by atoms with Gasteiger partial charge in [-0.15, -0.1) is 0 Å². The Hall–Kier alpha value is -2.07. The molecule has 0 aliphatic carbocycles. The molecule has 1 atom stereocenters. The van der Waals surface area contributed by atoms with Gasteiger partial charge in [0.2, 0.25) is 0 Å². The molecular formula is C17H22N2O2. The highest BCUT2D eigenvalue weighted by molar-refractivity contribution is 5.39. The summed E-state index contributed by atoms with van der Waals surface area (Å²) in [7, 11) is 0. The molecule has 0 aliphatic heterocycles. The van der Waals surface area contributed by atoms with E-state index in [9.17, 15) is 0 Å². The molecule has 2 rings (SSSR count). The molecule has 1 heterocycles. The fourth-order valence-electron chi connectivity index (χ4n) is 2.02. The van der Waals surface area contributed by atoms with Crippen LogP contribution in [0.3, 0.4) is 0 Å². The number of hydrogen-bond acceptors (Lipinski definition) is 4. The smallest absolute Gasteiger partial charge is 0.161 e. The van der Waals surface area contributed by atoms with Crippen molar-refractivity contribution < 1.29 is 9.47 Å². The summed E-state index contributed by atoms with van der Waals surface area (Å²) < 4.78 is 11.3. The first-order chi connectivity index (χ1) is 10.3. The van der Waals surface area contributed by atoms with Crippen molar-refractivity contribution in [3.8, 4) is 11.5 Å². The van der Waals surface area contributed by atoms with Crippen LogP contribution in [0, 0.1) is 0 Å². The van der Waals surface area contributed by atoms with Crippen LogP contribution in [-0.4, -0.2) is 24.7 Å². The molecular weight excluding hydrogens is 264 g/mol. The lowest BCUT2D eigenvalue weighted by atomic mass is 10.2. The van der Waals surface area contributed by atoms with Crippen molar-refractivity contribution in [3.63, 3.8) is 0 Å². The van der Waals surface area contributed by atoms with Gasteiger partial charge in [0, 0.05) is 18.8 Å². The summed E-state index contributed by atoms with van der Waals surface area (Å²) in [5, 5.41) is 3.39. The topological polar surface area (TPSA) is 43.4 Å². The van der Waals surface area contributed by atoms with E-state index >= 15 is 0 Å². The summed E-state index contributed by atoms with van der Waals surface area (Å²) in [6.07, 6.45) is 1.81. The lowest BCUT2D eigenvalue weighted by Gasteiger charge is -2.15. The summed E-state index contributed by atoms with van der Waals surface area (Å²) in [5.74, 6) is 1.57. The molecule has 2 aromatic rings. The van der Waals surface area contributed by atoms with Gasteiger partial charge in [0.25, 0.3) is 0 Å². The Morgan fingerprint density at radius 2 is 1.76 bits per heavy atom. The van der Waals surface area contributed by atoms with Gasteiger partial charge in [0.1, 0.15) is 6.61 Å². The Morgan fingerprint density at radius 3 is 2.43 bits per heavy atom. The van der Waals surface area contributed by atoms with E-state index in [1.807, 2.05) is 55.6 Å². The summed E-state index contributed by atoms with van der Waals surface area (Å²) >= 11 is 0. The van der Waals surface area contributed by atoms with Gasteiger partial charge in [-0.05, 0) is 38.1 Å². The molecule has 4 heteroatoms. The number of nitrogens with zero attached hydrogens (tertiary/aromatic N) is 1. The fraction of sp³-hybridized carbons (Fsp3) is 0.353. The zero-order valence-corrected chi connectivity index (χ0v) is 12.6. The summed E-state index contributed by atoms with van der Waals surface area (Å²) in [4.78, 5) is 4.33. The monoisotopic (exact) mass is 286 g/mol. The molecule has 112 valence electrons. The van der Waals surface area contributed by atoms with Crippen molar-refractivity contribution in [2.45, 2.75) is 19.9 Å². The zero-order valence-electron chi connectivity index (χ0n) is 12.6. The first-order valence-electron chi connectivity index (χ1n) is 7.30. The quantitative estimate of drug-likeness (QED) is 0.757. The van der Waals surface area contributed by atoms with Gasteiger partial charge in [0.05, 0.1) is 12.3 Å². The van der Waals surface area contributed by atoms with Crippen molar-refractivity contribution in [1.82, 2.24) is 10.3 Å². The van der Waals surface area contributed by atoms with E-state index < -0.39 is 0 Å². The third-order valence-corrected chi connectivity index (χ3v) is 3.09. The standard InChI is InChI=1S/C17H22N2O2/c1-3-20-16-9-4-5-10-17(16)21-13-12-18-14(2)15-8-6-7-11-19-15/h4-11,14,18H,3,12-13H2,1-2H3. The molecule has 1 aromatic carbocycles. The van der Waals surface area contributed by atoms with E-state index in [2.05, 4.69) is 17.2 Å². The lowest BCUT2D eigenvalue weighted by Crippen LogP contribution is -2.25. The first kappa shape index (κ1) is 15.3. The second-order valence-electron chi connectivity index (χ2n) is 4.66. The predicted molar refractivity (Wildman–Crippen MR) is 83.8 cm³/mol. The van der Waals surface area contributed by atoms with Gasteiger partial charge in [-0.2, -0.15) is 0 Å². The third-order valence-electron chi connectivity index (χ3n) is 3.09. The van der Waals surface area contributed by atoms with Gasteiger partial charge in [-0.1, -0.05) is 18.2 Å². The lowest BCUT2D eigenvalue weighted by molar-refractivity contribution is 0.272. The van der Waals surface area contributed by atoms with E-state index in [0.717, 1.165) is 23.7 Å². The number of ether oxygens (including phenoxy) is 2. The maximum atomic E-state index is 5.77. The Balaban J connectivity index is 1.77. The summed E-state index contributed by atoms with van der Waals surface area (Å²) in [5.41, 5.74) is 1.03. The molecule has 0 radical (unpaired) electrons. The number of aromatic nitrogens is 1. The second kappa shape index (κ2) is 8.27. The number of pyridine rings is 1. The SMILES string of the molecule is CCOc1ccccc1OCCNC(C)c1ccccn1. The van der Waals surface area contributed by atoms with Crippen LogP contribution < -0.4 is 14.8 Å². The van der Waals surface area contributed by atoms with E-state index in [4.69, 9.17) is 9.47 Å². The highest BCUT2D eigenvalue weighted by atomic mass is 16.5. The fourth-order valence-corrected chi connectivity index (χ4v) is 2.02. The van der Waals surface area contributed by atoms with Gasteiger partial charge in [-0.25, -0.2) is 0 Å². The molecule has 0 fully saturated rings. The highest BCUT2D eigenvalue weighted by Gasteiger charge is 2.06. The van der Waals surface area contributed by atoms with Crippen LogP contribution in [0.5, 0.6) is 11.5 Å². The number of hydrogen-bond donors (Lipinski definition) is 1. The Labute approximate surface area is 126 Å². The maximum Gasteiger partial charge on any atom is 0.161 e. The molecule has 0 saturated heterocycles. The normalized spacial score (nSPS) is 11.9. The minimum atomic E-state index is 0.205. The Morgan fingerprint density at radius 1 is 1.05 bits per heavy atom. The van der Waals surface area contributed by atoms with E-state index in [0.29, 0.717) is 13.2 Å². The third kappa shape index (κ3) is 4.76. The number of benzene rings is 1. The minimum Gasteiger partial charge on any atom is -0.490 e. The maximum absolute atomic E-state index is 5.77. The summed E-state index contributed by atoms with van der Waals surface area (Å²) in [6.45, 7) is 6.03. The van der Waals surface area contributed by atoms with Crippen molar-refractivity contribution in [3.05, 3.63) is 54.4 Å². The van der Waals surface area contributed by atoms with Crippen LogP contribution in [0.25, 0.3) is 0 Å². The van der Waals surface area contributed by atoms with Crippen molar-refractivity contribution in [1.29, 1.82) is 0 Å². The number of para-hydroxylation sites is 2. The van der Waals surface area contributed by atoms with Crippen LogP contribution in [0.2, 0.25) is 0 Å². The van der Waals surface area contributed by atoms with Gasteiger partial charge in [0.15, 0.2) is 11.5 Å². The van der Waals surface area contributed by atoms with Gasteiger partial charge < -0.3 is 14.8 Å². The molecule has 1 aromatic heterocycles. The molecule has 0 saturated carbocycles. The molecule has 1 unspecified atom stereocenters. The van der Waals surface area contributed by atoms with Crippen LogP contribution >= 0.6 is 0 Å². The van der Waals surface area contributed by atoms with Crippen molar-refractivity contribution >= 4 is 0 Å². The van der Waals surface area contributed by atoms with Crippen LogP contribution in [-0.2, 0) is 0 Å². The molecule has 0 bridgehead atoms. The van der Waals surface area contributed by atoms with Gasteiger partial charge in [-0.3, -0.25) is 4.98 Å². The second-order valence-corrected chi connectivity index (χ2v) is 4.66. The highest BCUT2D eigenvalue weighted by Crippen LogP contribution is 2.26. The molecule has 1 N–H and O–H groups in total. The van der Waals surface area contributed by atoms with Crippen LogP contribution in [0.15, 0.2) is 48.7 Å². The van der Waals surface area contributed by atoms with Crippen LogP contribution in [0.1, 0.15) is 25.6 Å². The minimum absolute atomic E-state index is 0.205. The number of rotatable bonds is 8. The largest absolute Gasteiger partial charge is 0.490 e. The van der Waals surface area contributed by atoms with Crippen molar-refractivity contribution in [2.24, 2.45) is 0 Å². The van der Waals surface area contributed by atoms with E-state index in [1.54, 1.807) is 0 Å². The molecule has 0 amide bonds. The van der Waals surface area contributed by atoms with E-state index in [-0.39, 0.29) is 6.04 Å². The average Bonchev–Trinajstić information content (AvgIpc) is 2.54. The zero-order chi connectivity index (χ0) is 14.9. The molecule has 4 nitrogen and oxygen atoms in total. The molecule has 0 spiro atoms. The predicted octanol–water partition coefficient (Wildman–Crippen LogP) is 3.21. The Kier molecular flexibility index (Phi) is 6.03. The van der Waals surface area contributed by atoms with Crippen LogP contribution in [0.4, 0.5) is 0 Å². The molecule has 21 heavy (non-hydrogen) atoms. The summed E-state index contributed by atoms with van der Waals surface area (Å²) in [6, 6.07) is 13.9. The first-order valence-corrected chi connectivity index (χ1v) is 7.30. The van der Waals surface area contributed by atoms with E-state index in [1.165, 1.54) is 0 Å². The number of nitrogens with one attached hydrogen (secondary N) is 1. The Bertz CT molecular complexity index is 531. The molecule has 0 aliphatic rings.